The number of nitrogens with zero attached hydrogens (tertiary/aromatic N) is 2. The van der Waals surface area contributed by atoms with Crippen LogP contribution in [0.4, 0.5) is 5.82 Å². The maximum Gasteiger partial charge on any atom is 0.278 e. The van der Waals surface area contributed by atoms with Gasteiger partial charge >= 0.3 is 0 Å². The van der Waals surface area contributed by atoms with E-state index in [2.05, 4.69) is 15.2 Å². The minimum absolute atomic E-state index is 0.0141. The highest BCUT2D eigenvalue weighted by molar-refractivity contribution is 5.79. The average molecular weight is 335 g/mol. The minimum Gasteiger partial charge on any atom is -0.349 e. The Labute approximate surface area is 143 Å². The molecule has 0 radical (unpaired) electrons. The topological polar surface area (TPSA) is 71.2 Å². The number of likely N-dealkylation sites (N-methyl/N-ethyl adjacent to an activating group) is 1. The lowest BCUT2D eigenvalue weighted by molar-refractivity contribution is -0.863. The Morgan fingerprint density at radius 2 is 1.92 bits per heavy atom. The summed E-state index contributed by atoms with van der Waals surface area (Å²) in [4.78, 5) is 32.4. The number of carbonyl (C=O) groups excluding carboxylic acids is 2. The summed E-state index contributed by atoms with van der Waals surface area (Å²) in [5, 5.41) is 2.86. The van der Waals surface area contributed by atoms with Crippen molar-refractivity contribution in [2.24, 2.45) is 0 Å². The summed E-state index contributed by atoms with van der Waals surface area (Å²) in [5.74, 6) is 1.18. The predicted molar refractivity (Wildman–Crippen MR) is 91.7 cm³/mol. The molecule has 2 heterocycles. The van der Waals surface area contributed by atoms with Crippen LogP contribution in [0.5, 0.6) is 0 Å². The van der Waals surface area contributed by atoms with Crippen LogP contribution in [0.1, 0.15) is 13.8 Å². The number of piperazine rings is 1. The van der Waals surface area contributed by atoms with Crippen molar-refractivity contribution in [3.8, 4) is 0 Å². The highest BCUT2D eigenvalue weighted by atomic mass is 16.2. The Bertz CT molecular complexity index is 541. The van der Waals surface area contributed by atoms with E-state index in [0.29, 0.717) is 26.2 Å². The van der Waals surface area contributed by atoms with Crippen molar-refractivity contribution in [1.29, 1.82) is 0 Å². The second-order valence-corrected chi connectivity index (χ2v) is 6.65. The lowest BCUT2D eigenvalue weighted by Crippen LogP contribution is -3.11. The SMILES string of the molecule is CC(C)NC(=O)C[NH+](C)CC(=O)N1CCN(c2cccc[nH+]2)CC1. The molecule has 1 aromatic rings. The number of nitrogens with one attached hydrogen (secondary N) is 3. The van der Waals surface area contributed by atoms with Crippen LogP contribution in [0, 0.1) is 0 Å². The molecule has 7 heteroatoms. The lowest BCUT2D eigenvalue weighted by atomic mass is 10.3. The summed E-state index contributed by atoms with van der Waals surface area (Å²) in [7, 11) is 1.88. The molecule has 1 saturated heterocycles. The number of hydrogen-bond donors (Lipinski definition) is 2. The molecule has 1 fully saturated rings. The van der Waals surface area contributed by atoms with Crippen LogP contribution in [-0.2, 0) is 9.59 Å². The first-order chi connectivity index (χ1) is 11.5. The Hall–Kier alpha value is -2.15. The van der Waals surface area contributed by atoms with Crippen molar-refractivity contribution < 1.29 is 19.5 Å². The van der Waals surface area contributed by atoms with Crippen LogP contribution in [0.2, 0.25) is 0 Å². The number of amides is 2. The summed E-state index contributed by atoms with van der Waals surface area (Å²) >= 11 is 0. The molecule has 1 unspecified atom stereocenters. The van der Waals surface area contributed by atoms with E-state index in [1.165, 1.54) is 0 Å². The molecule has 0 aliphatic carbocycles. The highest BCUT2D eigenvalue weighted by Crippen LogP contribution is 2.09. The molecule has 0 spiro atoms. The van der Waals surface area contributed by atoms with Crippen molar-refractivity contribution in [2.75, 3.05) is 51.2 Å². The molecule has 0 aromatic carbocycles. The van der Waals surface area contributed by atoms with Crippen LogP contribution in [-0.4, -0.2) is 69.1 Å². The van der Waals surface area contributed by atoms with E-state index in [1.54, 1.807) is 0 Å². The number of anilines is 1. The third kappa shape index (κ3) is 5.49. The van der Waals surface area contributed by atoms with Gasteiger partial charge in [-0.05, 0) is 19.9 Å². The zero-order chi connectivity index (χ0) is 17.5. The molecular formula is C17H29N5O2+2. The number of rotatable bonds is 6. The van der Waals surface area contributed by atoms with E-state index in [1.807, 2.05) is 50.2 Å². The molecule has 1 aliphatic rings. The summed E-state index contributed by atoms with van der Waals surface area (Å²) in [6.07, 6.45) is 1.91. The van der Waals surface area contributed by atoms with Crippen LogP contribution >= 0.6 is 0 Å². The van der Waals surface area contributed by atoms with Crippen LogP contribution in [0.3, 0.4) is 0 Å². The van der Waals surface area contributed by atoms with Gasteiger partial charge in [0.15, 0.2) is 13.1 Å². The fourth-order valence-corrected chi connectivity index (χ4v) is 2.86. The van der Waals surface area contributed by atoms with Gasteiger partial charge < -0.3 is 15.1 Å². The van der Waals surface area contributed by atoms with Crippen LogP contribution in [0.25, 0.3) is 0 Å². The molecule has 1 aliphatic heterocycles. The summed E-state index contributed by atoms with van der Waals surface area (Å²) in [6, 6.07) is 6.13. The van der Waals surface area contributed by atoms with Gasteiger partial charge in [-0.25, -0.2) is 4.98 Å². The van der Waals surface area contributed by atoms with Crippen molar-refractivity contribution in [1.82, 2.24) is 10.2 Å². The predicted octanol–water partition coefficient (Wildman–Crippen LogP) is -1.81. The fraction of sp³-hybridized carbons (Fsp3) is 0.588. The smallest absolute Gasteiger partial charge is 0.278 e. The number of H-pyrrole nitrogens is 1. The molecule has 1 aromatic heterocycles. The van der Waals surface area contributed by atoms with Crippen LogP contribution in [0.15, 0.2) is 24.4 Å². The van der Waals surface area contributed by atoms with Gasteiger partial charge in [-0.2, -0.15) is 0 Å². The maximum atomic E-state index is 12.4. The molecule has 0 saturated carbocycles. The molecule has 2 rings (SSSR count). The Morgan fingerprint density at radius 3 is 2.50 bits per heavy atom. The molecule has 3 N–H and O–H groups in total. The van der Waals surface area contributed by atoms with E-state index >= 15 is 0 Å². The number of pyridine rings is 1. The molecule has 24 heavy (non-hydrogen) atoms. The monoisotopic (exact) mass is 335 g/mol. The van der Waals surface area contributed by atoms with Crippen molar-refractivity contribution >= 4 is 17.6 Å². The molecule has 132 valence electrons. The normalized spacial score (nSPS) is 16.2. The Balaban J connectivity index is 1.75. The first-order valence-electron chi connectivity index (χ1n) is 8.56. The van der Waals surface area contributed by atoms with Crippen LogP contribution < -0.4 is 20.1 Å². The summed E-state index contributed by atoms with van der Waals surface area (Å²) in [5.41, 5.74) is 0. The number of quaternary nitrogens is 1. The first kappa shape index (κ1) is 18.2. The molecule has 2 amide bonds. The Kier molecular flexibility index (Phi) is 6.54. The van der Waals surface area contributed by atoms with E-state index in [-0.39, 0.29) is 17.9 Å². The summed E-state index contributed by atoms with van der Waals surface area (Å²) < 4.78 is 0. The zero-order valence-corrected chi connectivity index (χ0v) is 14.8. The van der Waals surface area contributed by atoms with E-state index in [9.17, 15) is 9.59 Å². The van der Waals surface area contributed by atoms with Gasteiger partial charge in [-0.1, -0.05) is 6.07 Å². The van der Waals surface area contributed by atoms with Gasteiger partial charge in [0.2, 0.25) is 0 Å². The molecular weight excluding hydrogens is 306 g/mol. The van der Waals surface area contributed by atoms with Crippen molar-refractivity contribution in [3.05, 3.63) is 24.4 Å². The molecule has 1 atom stereocenters. The van der Waals surface area contributed by atoms with Crippen molar-refractivity contribution in [2.45, 2.75) is 19.9 Å². The minimum atomic E-state index is -0.0141. The largest absolute Gasteiger partial charge is 0.349 e. The average Bonchev–Trinajstić information content (AvgIpc) is 2.54. The van der Waals surface area contributed by atoms with Gasteiger partial charge in [0.1, 0.15) is 13.1 Å². The number of aromatic amines is 1. The Morgan fingerprint density at radius 1 is 1.21 bits per heavy atom. The highest BCUT2D eigenvalue weighted by Gasteiger charge is 2.27. The van der Waals surface area contributed by atoms with E-state index in [4.69, 9.17) is 0 Å². The second-order valence-electron chi connectivity index (χ2n) is 6.65. The van der Waals surface area contributed by atoms with E-state index in [0.717, 1.165) is 23.8 Å². The zero-order valence-electron chi connectivity index (χ0n) is 14.8. The third-order valence-corrected chi connectivity index (χ3v) is 4.03. The van der Waals surface area contributed by atoms with E-state index < -0.39 is 0 Å². The van der Waals surface area contributed by atoms with Gasteiger partial charge in [0.05, 0.1) is 26.3 Å². The van der Waals surface area contributed by atoms with Gasteiger partial charge in [-0.15, -0.1) is 0 Å². The lowest BCUT2D eigenvalue weighted by Gasteiger charge is -2.31. The van der Waals surface area contributed by atoms with Crippen molar-refractivity contribution in [3.63, 3.8) is 0 Å². The first-order valence-corrected chi connectivity index (χ1v) is 8.56. The summed E-state index contributed by atoms with van der Waals surface area (Å²) in [6.45, 7) is 7.61. The second kappa shape index (κ2) is 8.63. The fourth-order valence-electron chi connectivity index (χ4n) is 2.86. The molecule has 0 bridgehead atoms. The molecule has 7 nitrogen and oxygen atoms in total. The third-order valence-electron chi connectivity index (χ3n) is 4.03. The number of aromatic nitrogens is 1. The number of hydrogen-bond acceptors (Lipinski definition) is 3. The van der Waals surface area contributed by atoms with Gasteiger partial charge in [0.25, 0.3) is 17.6 Å². The number of carbonyl (C=O) groups is 2. The quantitative estimate of drug-likeness (QED) is 0.644. The maximum absolute atomic E-state index is 12.4. The standard InChI is InChI=1S/C17H27N5O2/c1-14(2)19-16(23)12-20(3)13-17(24)22-10-8-21(9-11-22)15-6-4-5-7-18-15/h4-7,14H,8-13H2,1-3H3,(H,19,23)/p+2. The van der Waals surface area contributed by atoms with Gasteiger partial charge in [-0.3, -0.25) is 14.5 Å². The van der Waals surface area contributed by atoms with Gasteiger partial charge in [0, 0.05) is 12.1 Å².